The van der Waals surface area contributed by atoms with Crippen LogP contribution < -0.4 is 11.1 Å². The number of esters is 1. The Morgan fingerprint density at radius 2 is 1.58 bits per heavy atom. The number of carbonyl (C=O) groups excluding carboxylic acids is 3. The molecule has 0 radical (unpaired) electrons. The van der Waals surface area contributed by atoms with E-state index in [1.165, 1.54) is 27.2 Å². The fraction of sp³-hybridized carbons (Fsp3) is 0.792. The Morgan fingerprint density at radius 3 is 2.20 bits per heavy atom. The first-order valence-electron chi connectivity index (χ1n) is 26.2. The number of unbranched alkanes of at least 4 members (excludes halogenated alkanes) is 1. The second-order valence-corrected chi connectivity index (χ2v) is 22.3. The number of cyclic esters (lactones) is 1. The van der Waals surface area contributed by atoms with Crippen LogP contribution in [0, 0.1) is 17.8 Å². The smallest absolute Gasteiger partial charge is 0.308 e. The number of nitrogens with one attached hydrogen (secondary N) is 1. The summed E-state index contributed by atoms with van der Waals surface area (Å²) in [4.78, 5) is 44.3. The van der Waals surface area contributed by atoms with Gasteiger partial charge < -0.3 is 84.1 Å². The van der Waals surface area contributed by atoms with Crippen LogP contribution in [-0.2, 0) is 52.2 Å². The third kappa shape index (κ3) is 15.2. The molecule has 1 aromatic heterocycles. The Kier molecular flexibility index (Phi) is 23.0. The normalized spacial score (nSPS) is 41.3. The van der Waals surface area contributed by atoms with E-state index in [1.807, 2.05) is 26.8 Å². The molecule has 0 aliphatic carbocycles. The fourth-order valence-electron chi connectivity index (χ4n) is 10.5. The quantitative estimate of drug-likeness (QED) is 0.0920. The average molecular weight is 1070 g/mol. The molecule has 1 aromatic rings. The van der Waals surface area contributed by atoms with Crippen LogP contribution in [0.1, 0.15) is 122 Å². The Balaban J connectivity index is 1.53. The number of amides is 1. The summed E-state index contributed by atoms with van der Waals surface area (Å²) in [5.74, 6) is -4.26. The van der Waals surface area contributed by atoms with Gasteiger partial charge in [0.05, 0.1) is 65.8 Å². The third-order valence-electron chi connectivity index (χ3n) is 15.1. The lowest BCUT2D eigenvalue weighted by Crippen LogP contribution is -2.65. The molecule has 0 spiro atoms. The Morgan fingerprint density at radius 1 is 0.905 bits per heavy atom. The minimum absolute atomic E-state index is 0.0249. The molecule has 8 N–H and O–H groups in total. The molecule has 0 aromatic carbocycles. The van der Waals surface area contributed by atoms with Crippen molar-refractivity contribution in [3.63, 3.8) is 0 Å². The summed E-state index contributed by atoms with van der Waals surface area (Å²) in [6.07, 6.45) is -8.09. The number of hydrogen-bond donors (Lipinski definition) is 7. The lowest BCUT2D eigenvalue weighted by molar-refractivity contribution is -0.340. The topological polar surface area (TPSA) is 277 Å². The number of likely N-dealkylation sites (N-methyl/N-ethyl adjacent to an activating group) is 1. The number of anilines is 1. The van der Waals surface area contributed by atoms with Gasteiger partial charge in [-0.3, -0.25) is 14.4 Å². The van der Waals surface area contributed by atoms with Gasteiger partial charge in [0.15, 0.2) is 24.7 Å². The second kappa shape index (κ2) is 27.6. The zero-order chi connectivity index (χ0) is 54.9. The predicted octanol–water partition coefficient (Wildman–Crippen LogP) is 3.59. The summed E-state index contributed by atoms with van der Waals surface area (Å²) in [5, 5.41) is 60.1. The molecular weight excluding hydrogens is 983 g/mol. The van der Waals surface area contributed by atoms with Crippen LogP contribution in [-0.4, -0.2) is 193 Å². The fourth-order valence-corrected chi connectivity index (χ4v) is 11.6. The molecule has 20 nitrogen and oxygen atoms in total. The van der Waals surface area contributed by atoms with E-state index in [-0.39, 0.29) is 41.7 Å². The van der Waals surface area contributed by atoms with Crippen molar-refractivity contribution < 1.29 is 82.5 Å². The van der Waals surface area contributed by atoms with Crippen molar-refractivity contribution in [2.75, 3.05) is 47.2 Å². The SMILES string of the molecule is CCCCNC(=O)c1cc([C@H]2C[C@@H](C)C(=O)/C=C/C(C)=C/[C@H](CO[C@@H]3O[C@H](C)[C@@H](O)[C@@H](OC)[C@H]3OC)[C@@H](CC)OC(=O)C[C@@H](O)[C@H](C)[C@H]2O[C@@H]2O[C@H](C)[C@@H](O[C@H]3C[C@@](C)(O)[C@@H](O)[C@H](C)O3)[C@H](N(C)C)[C@H]2O)sc1N. The second-order valence-electron chi connectivity index (χ2n) is 21.2. The molecule has 0 saturated carbocycles. The monoisotopic (exact) mass is 1070 g/mol. The van der Waals surface area contributed by atoms with Gasteiger partial charge >= 0.3 is 5.97 Å². The summed E-state index contributed by atoms with van der Waals surface area (Å²) in [7, 11) is 6.46. The highest BCUT2D eigenvalue weighted by molar-refractivity contribution is 7.16. The van der Waals surface area contributed by atoms with Crippen LogP contribution in [0.2, 0.25) is 0 Å². The number of ketones is 1. The van der Waals surface area contributed by atoms with Crippen LogP contribution in [0.15, 0.2) is 29.9 Å². The van der Waals surface area contributed by atoms with E-state index in [0.717, 1.165) is 24.2 Å². The number of nitrogens with two attached hydrogens (primary N) is 1. The molecule has 0 unspecified atom stereocenters. The van der Waals surface area contributed by atoms with Crippen LogP contribution in [0.25, 0.3) is 0 Å². The van der Waals surface area contributed by atoms with Crippen LogP contribution in [0.4, 0.5) is 5.00 Å². The number of rotatable bonds is 16. The Hall–Kier alpha value is -2.97. The number of nitrogen functional groups attached to an aromatic ring is 1. The summed E-state index contributed by atoms with van der Waals surface area (Å²) < 4.78 is 55.7. The number of methoxy groups -OCH3 is 2. The van der Waals surface area contributed by atoms with E-state index in [1.54, 1.807) is 65.8 Å². The van der Waals surface area contributed by atoms with Crippen molar-refractivity contribution in [1.82, 2.24) is 10.2 Å². The number of allylic oxidation sites excluding steroid dienone is 3. The van der Waals surface area contributed by atoms with E-state index >= 15 is 0 Å². The molecule has 74 heavy (non-hydrogen) atoms. The molecule has 5 heterocycles. The van der Waals surface area contributed by atoms with Gasteiger partial charge in [0, 0.05) is 55.7 Å². The van der Waals surface area contributed by atoms with Gasteiger partial charge in [-0.1, -0.05) is 51.8 Å². The minimum Gasteiger partial charge on any atom is -0.462 e. The molecule has 422 valence electrons. The van der Waals surface area contributed by atoms with Crippen molar-refractivity contribution in [2.45, 2.75) is 211 Å². The van der Waals surface area contributed by atoms with E-state index < -0.39 is 140 Å². The van der Waals surface area contributed by atoms with Gasteiger partial charge in [-0.25, -0.2) is 0 Å². The maximum atomic E-state index is 14.3. The molecule has 3 saturated heterocycles. The molecule has 4 aliphatic heterocycles. The van der Waals surface area contributed by atoms with Crippen molar-refractivity contribution in [3.8, 4) is 0 Å². The molecule has 4 aliphatic rings. The summed E-state index contributed by atoms with van der Waals surface area (Å²) >= 11 is 1.15. The maximum Gasteiger partial charge on any atom is 0.308 e. The van der Waals surface area contributed by atoms with Crippen molar-refractivity contribution in [3.05, 3.63) is 40.3 Å². The first kappa shape index (κ1) is 61.9. The van der Waals surface area contributed by atoms with E-state index in [0.29, 0.717) is 23.4 Å². The van der Waals surface area contributed by atoms with Crippen LogP contribution in [0.5, 0.6) is 0 Å². The van der Waals surface area contributed by atoms with Crippen molar-refractivity contribution in [2.24, 2.45) is 17.8 Å². The van der Waals surface area contributed by atoms with E-state index in [2.05, 4.69) is 5.32 Å². The average Bonchev–Trinajstić information content (AvgIpc) is 3.73. The third-order valence-corrected chi connectivity index (χ3v) is 16.2. The Labute approximate surface area is 441 Å². The zero-order valence-electron chi connectivity index (χ0n) is 45.6. The van der Waals surface area contributed by atoms with Gasteiger partial charge in [0.1, 0.15) is 42.7 Å². The number of carbonyl (C=O) groups is 3. The van der Waals surface area contributed by atoms with Crippen molar-refractivity contribution >= 4 is 34.0 Å². The zero-order valence-corrected chi connectivity index (χ0v) is 46.4. The number of ether oxygens (including phenoxy) is 9. The van der Waals surface area contributed by atoms with Gasteiger partial charge in [0.2, 0.25) is 0 Å². The number of aliphatic hydroxyl groups is 5. The number of nitrogens with zero attached hydrogens (tertiary/aromatic N) is 1. The lowest BCUT2D eigenvalue weighted by atomic mass is 9.80. The molecule has 5 rings (SSSR count). The molecular formula is C53H87N3O17S. The maximum absolute atomic E-state index is 14.3. The van der Waals surface area contributed by atoms with Crippen LogP contribution >= 0.6 is 11.3 Å². The van der Waals surface area contributed by atoms with Crippen LogP contribution in [0.3, 0.4) is 0 Å². The molecule has 21 heteroatoms. The molecule has 21 atom stereocenters. The standard InChI is InChI=1S/C53H87N3O17S/c1-14-16-19-55-50(63)34-22-38(74-49(34)54)33-21-27(4)35(57)18-17-26(3)20-32(25-67-52-47(66-13)46(65-12)42(60)29(6)69-52)37(15-2)71-39(59)23-36(58)28(5)44(33)73-51-43(61)41(56(10)11)45(30(7)70-51)72-40-24-53(9,64)48(62)31(8)68-40/h17-18,20,22,27-33,36-37,40-48,51-52,58,60-62,64H,14-16,19,21,23-25,54H2,1-13H3,(H,55,63)/b18-17+,26-20+/t27-,28+,29-,30-,31+,32-,33-,36-,37-,40+,41-,42-,43-,44-,45-,46-,47-,48+,51+,52-,53-/m1/s1. The lowest BCUT2D eigenvalue weighted by Gasteiger charge is -2.50. The highest BCUT2D eigenvalue weighted by Gasteiger charge is 2.52. The summed E-state index contributed by atoms with van der Waals surface area (Å²) in [6.45, 7) is 16.2. The first-order valence-corrected chi connectivity index (χ1v) is 27.0. The minimum atomic E-state index is -1.52. The highest BCUT2D eigenvalue weighted by atomic mass is 32.1. The van der Waals surface area contributed by atoms with Gasteiger partial charge in [0.25, 0.3) is 5.91 Å². The highest BCUT2D eigenvalue weighted by Crippen LogP contribution is 2.43. The summed E-state index contributed by atoms with van der Waals surface area (Å²) in [5.41, 5.74) is 6.00. The number of aliphatic hydroxyl groups excluding tert-OH is 4. The largest absolute Gasteiger partial charge is 0.462 e. The molecule has 1 amide bonds. The molecule has 0 bridgehead atoms. The number of thiophene rings is 1. The van der Waals surface area contributed by atoms with E-state index in [9.17, 15) is 39.9 Å². The molecule has 3 fully saturated rings. The van der Waals surface area contributed by atoms with Gasteiger partial charge in [-0.05, 0) is 80.1 Å². The van der Waals surface area contributed by atoms with Gasteiger partial charge in [-0.2, -0.15) is 0 Å². The summed E-state index contributed by atoms with van der Waals surface area (Å²) in [6, 6.07) is 0.888. The van der Waals surface area contributed by atoms with Crippen molar-refractivity contribution in [1.29, 1.82) is 0 Å². The Bertz CT molecular complexity index is 2040. The first-order chi connectivity index (χ1) is 34.9. The van der Waals surface area contributed by atoms with Gasteiger partial charge in [-0.15, -0.1) is 11.3 Å². The van der Waals surface area contributed by atoms with E-state index in [4.69, 9.17) is 48.4 Å². The number of hydrogen-bond acceptors (Lipinski definition) is 20. The predicted molar refractivity (Wildman–Crippen MR) is 275 cm³/mol.